The van der Waals surface area contributed by atoms with Crippen LogP contribution in [0.4, 0.5) is 0 Å². The molecule has 0 bridgehead atoms. The largest absolute Gasteiger partial charge is 0.438 e. The number of esters is 1. The van der Waals surface area contributed by atoms with E-state index in [9.17, 15) is 4.79 Å². The molecule has 3 heteroatoms. The zero-order chi connectivity index (χ0) is 10.1. The Kier molecular flexibility index (Phi) is 1.97. The fourth-order valence-electron chi connectivity index (χ4n) is 1.71. The maximum atomic E-state index is 11.4. The van der Waals surface area contributed by atoms with Gasteiger partial charge in [0.25, 0.3) is 0 Å². The van der Waals surface area contributed by atoms with Crippen molar-refractivity contribution in [3.8, 4) is 6.07 Å². The van der Waals surface area contributed by atoms with E-state index in [2.05, 4.69) is 0 Å². The Morgan fingerprint density at radius 2 is 2.36 bits per heavy atom. The molecule has 0 saturated carbocycles. The number of fused-ring (bicyclic) bond motifs is 1. The second-order valence-corrected chi connectivity index (χ2v) is 3.15. The van der Waals surface area contributed by atoms with E-state index in [0.29, 0.717) is 11.1 Å². The first kappa shape index (κ1) is 8.76. The van der Waals surface area contributed by atoms with Gasteiger partial charge in [-0.3, -0.25) is 0 Å². The highest BCUT2D eigenvalue weighted by molar-refractivity contribution is 5.96. The van der Waals surface area contributed by atoms with Crippen LogP contribution >= 0.6 is 0 Å². The van der Waals surface area contributed by atoms with Gasteiger partial charge in [-0.25, -0.2) is 4.79 Å². The van der Waals surface area contributed by atoms with Gasteiger partial charge in [-0.2, -0.15) is 5.26 Å². The van der Waals surface area contributed by atoms with E-state index in [4.69, 9.17) is 10.00 Å². The topological polar surface area (TPSA) is 50.1 Å². The standard InChI is InChI=1S/C11H9NO2/c1-2-7-4-3-5-8-9(6-12)14-11(13)10(7)8/h3-5,9H,2H2,1H3. The molecule has 0 radical (unpaired) electrons. The van der Waals surface area contributed by atoms with E-state index in [-0.39, 0.29) is 5.97 Å². The first-order valence-electron chi connectivity index (χ1n) is 4.50. The summed E-state index contributed by atoms with van der Waals surface area (Å²) < 4.78 is 4.92. The number of nitrogens with zero attached hydrogens (tertiary/aromatic N) is 1. The van der Waals surface area contributed by atoms with E-state index in [1.807, 2.05) is 25.1 Å². The summed E-state index contributed by atoms with van der Waals surface area (Å²) in [6.45, 7) is 1.97. The monoisotopic (exact) mass is 187 g/mol. The van der Waals surface area contributed by atoms with Crippen molar-refractivity contribution in [2.45, 2.75) is 19.4 Å². The second kappa shape index (κ2) is 3.15. The quantitative estimate of drug-likeness (QED) is 0.631. The van der Waals surface area contributed by atoms with E-state index in [1.165, 1.54) is 0 Å². The fourth-order valence-corrected chi connectivity index (χ4v) is 1.71. The Bertz CT molecular complexity index is 431. The lowest BCUT2D eigenvalue weighted by atomic mass is 9.99. The number of aryl methyl sites for hydroxylation is 1. The van der Waals surface area contributed by atoms with Crippen molar-refractivity contribution in [3.05, 3.63) is 34.9 Å². The van der Waals surface area contributed by atoms with Crippen LogP contribution in [0, 0.1) is 11.3 Å². The van der Waals surface area contributed by atoms with E-state index in [1.54, 1.807) is 6.07 Å². The summed E-state index contributed by atoms with van der Waals surface area (Å²) in [6.07, 6.45) is 0.0557. The zero-order valence-corrected chi connectivity index (χ0v) is 7.78. The number of carbonyl (C=O) groups is 1. The predicted molar refractivity (Wildman–Crippen MR) is 49.6 cm³/mol. The van der Waals surface area contributed by atoms with Crippen LogP contribution in [0.15, 0.2) is 18.2 Å². The number of ether oxygens (including phenoxy) is 1. The van der Waals surface area contributed by atoms with Crippen LogP contribution in [0.2, 0.25) is 0 Å². The van der Waals surface area contributed by atoms with Crippen LogP contribution in [0.5, 0.6) is 0 Å². The van der Waals surface area contributed by atoms with Crippen molar-refractivity contribution in [1.82, 2.24) is 0 Å². The minimum Gasteiger partial charge on any atom is -0.438 e. The molecule has 70 valence electrons. The van der Waals surface area contributed by atoms with Gasteiger partial charge in [0.1, 0.15) is 6.07 Å². The van der Waals surface area contributed by atoms with Crippen molar-refractivity contribution in [1.29, 1.82) is 5.26 Å². The Balaban J connectivity index is 2.62. The molecule has 1 aliphatic heterocycles. The van der Waals surface area contributed by atoms with Crippen LogP contribution in [0.1, 0.15) is 34.5 Å². The number of carbonyl (C=O) groups excluding carboxylic acids is 1. The van der Waals surface area contributed by atoms with Gasteiger partial charge >= 0.3 is 5.97 Å². The lowest BCUT2D eigenvalue weighted by Crippen LogP contribution is -1.99. The maximum Gasteiger partial charge on any atom is 0.340 e. The summed E-state index contributed by atoms with van der Waals surface area (Å²) in [5, 5.41) is 8.77. The van der Waals surface area contributed by atoms with Gasteiger partial charge in [-0.05, 0) is 12.0 Å². The molecule has 0 fully saturated rings. The third kappa shape index (κ3) is 1.08. The highest BCUT2D eigenvalue weighted by Gasteiger charge is 2.32. The molecule has 1 aromatic rings. The average Bonchev–Trinajstić information content (AvgIpc) is 2.55. The SMILES string of the molecule is CCc1cccc2c1C(=O)OC2C#N. The van der Waals surface area contributed by atoms with E-state index < -0.39 is 6.10 Å². The smallest absolute Gasteiger partial charge is 0.340 e. The van der Waals surface area contributed by atoms with E-state index in [0.717, 1.165) is 12.0 Å². The van der Waals surface area contributed by atoms with Crippen LogP contribution in [-0.4, -0.2) is 5.97 Å². The van der Waals surface area contributed by atoms with Crippen molar-refractivity contribution < 1.29 is 9.53 Å². The Labute approximate surface area is 81.9 Å². The minimum absolute atomic E-state index is 0.371. The molecule has 0 aromatic heterocycles. The third-order valence-electron chi connectivity index (χ3n) is 2.39. The van der Waals surface area contributed by atoms with Gasteiger partial charge in [0.2, 0.25) is 6.10 Å². The number of benzene rings is 1. The van der Waals surface area contributed by atoms with Crippen LogP contribution in [0.25, 0.3) is 0 Å². The summed E-state index contributed by atoms with van der Waals surface area (Å²) in [4.78, 5) is 11.4. The Morgan fingerprint density at radius 1 is 1.57 bits per heavy atom. The zero-order valence-electron chi connectivity index (χ0n) is 7.78. The molecule has 1 unspecified atom stereocenters. The summed E-state index contributed by atoms with van der Waals surface area (Å²) in [5.74, 6) is -0.371. The van der Waals surface area contributed by atoms with Crippen LogP contribution in [-0.2, 0) is 11.2 Å². The van der Waals surface area contributed by atoms with Gasteiger partial charge < -0.3 is 4.74 Å². The molecular weight excluding hydrogens is 178 g/mol. The highest BCUT2D eigenvalue weighted by atomic mass is 16.5. The van der Waals surface area contributed by atoms with Crippen molar-refractivity contribution in [3.63, 3.8) is 0 Å². The minimum atomic E-state index is -0.719. The Hall–Kier alpha value is -1.82. The van der Waals surface area contributed by atoms with Crippen LogP contribution in [0.3, 0.4) is 0 Å². The van der Waals surface area contributed by atoms with Crippen molar-refractivity contribution in [2.24, 2.45) is 0 Å². The van der Waals surface area contributed by atoms with Gasteiger partial charge in [-0.15, -0.1) is 0 Å². The van der Waals surface area contributed by atoms with Crippen molar-refractivity contribution in [2.75, 3.05) is 0 Å². The highest BCUT2D eigenvalue weighted by Crippen LogP contribution is 2.32. The normalized spacial score (nSPS) is 18.6. The van der Waals surface area contributed by atoms with Gasteiger partial charge in [0, 0.05) is 5.56 Å². The summed E-state index contributed by atoms with van der Waals surface area (Å²) in [7, 11) is 0. The van der Waals surface area contributed by atoms with Gasteiger partial charge in [-0.1, -0.05) is 25.1 Å². The molecule has 1 atom stereocenters. The number of hydrogen-bond donors (Lipinski definition) is 0. The molecule has 0 N–H and O–H groups in total. The number of hydrogen-bond acceptors (Lipinski definition) is 3. The maximum absolute atomic E-state index is 11.4. The van der Waals surface area contributed by atoms with Crippen molar-refractivity contribution >= 4 is 5.97 Å². The second-order valence-electron chi connectivity index (χ2n) is 3.15. The lowest BCUT2D eigenvalue weighted by Gasteiger charge is -2.01. The molecule has 1 aromatic carbocycles. The first-order chi connectivity index (χ1) is 6.77. The third-order valence-corrected chi connectivity index (χ3v) is 2.39. The number of rotatable bonds is 1. The molecular formula is C11H9NO2. The lowest BCUT2D eigenvalue weighted by molar-refractivity contribution is 0.0477. The number of nitriles is 1. The fraction of sp³-hybridized carbons (Fsp3) is 0.273. The molecule has 0 saturated heterocycles. The molecule has 0 amide bonds. The molecule has 1 aliphatic rings. The molecule has 2 rings (SSSR count). The summed E-state index contributed by atoms with van der Waals surface area (Å²) >= 11 is 0. The van der Waals surface area contributed by atoms with Gasteiger partial charge in [0.05, 0.1) is 5.56 Å². The average molecular weight is 187 g/mol. The molecule has 0 spiro atoms. The molecule has 3 nitrogen and oxygen atoms in total. The van der Waals surface area contributed by atoms with Gasteiger partial charge in [0.15, 0.2) is 0 Å². The summed E-state index contributed by atoms with van der Waals surface area (Å²) in [5.41, 5.74) is 2.24. The van der Waals surface area contributed by atoms with Crippen LogP contribution < -0.4 is 0 Å². The predicted octanol–water partition coefficient (Wildman–Crippen LogP) is 1.98. The number of cyclic esters (lactones) is 1. The molecule has 1 heterocycles. The Morgan fingerprint density at radius 3 is 3.00 bits per heavy atom. The molecule has 14 heavy (non-hydrogen) atoms. The van der Waals surface area contributed by atoms with E-state index >= 15 is 0 Å². The first-order valence-corrected chi connectivity index (χ1v) is 4.50. The molecule has 0 aliphatic carbocycles. The summed E-state index contributed by atoms with van der Waals surface area (Å²) in [6, 6.07) is 7.47.